The molecular weight excluding hydrogens is 1340 g/mol. The van der Waals surface area contributed by atoms with Crippen molar-refractivity contribution < 1.29 is 92.7 Å². The molecule has 0 aromatic heterocycles. The van der Waals surface area contributed by atoms with E-state index in [9.17, 15) is 87.5 Å². The van der Waals surface area contributed by atoms with Gasteiger partial charge in [0.2, 0.25) is 65.0 Å². The van der Waals surface area contributed by atoms with Gasteiger partial charge in [0.05, 0.1) is 12.1 Å². The highest BCUT2D eigenvalue weighted by Gasteiger charge is 2.42. The van der Waals surface area contributed by atoms with E-state index in [0.29, 0.717) is 31.4 Å². The summed E-state index contributed by atoms with van der Waals surface area (Å²) in [6, 6.07) is -11.8. The quantitative estimate of drug-likeness (QED) is 0.0164. The van der Waals surface area contributed by atoms with Crippen LogP contribution in [0.5, 0.6) is 5.75 Å². The Morgan fingerprint density at radius 2 is 0.912 bits per heavy atom. The standard InChI is InChI=1S/C63H106N20O19/c1-32(2)48(58(98)82-49(35(5)84)59(99)77-39(14-7-9-27-65)53(93)74-34(4)51(91)79-43(61(101)102)23-25-47(88)89)81-57(97)45-17-12-30-83(45)60(100)42(22-24-46(86)87)78-55(95)41(16-11-29-72-63(69)70)75-50(90)33(3)73-54(94)40(15-10-28-71-62(67)68)76-56(96)44(31-36-18-20-37(85)21-19-36)80-52(92)38(66)13-6-8-26-64/h18-21,32-35,38-45,48-49,84-85H,6-17,22-31,64-66H2,1-5H3,(H,73,94)(H,74,93)(H,75,90)(H,76,96)(H,77,99)(H,78,95)(H,79,91)(H,80,92)(H,81,97)(H,82,98)(H,86,87)(H,88,89)(H,101,102)(H4,67,68,71)(H4,69,70,72)/t33-,34-,35+,38-,39-,40-,41-,42-,43-,44-,45-,48-,49-/m0/s1. The molecule has 1 aliphatic rings. The van der Waals surface area contributed by atoms with E-state index in [-0.39, 0.29) is 108 Å². The molecule has 1 fully saturated rings. The molecule has 1 aromatic carbocycles. The second-order valence-corrected chi connectivity index (χ2v) is 25.1. The fourth-order valence-corrected chi connectivity index (χ4v) is 10.4. The number of aromatic hydroxyl groups is 1. The number of nitrogens with zero attached hydrogens (tertiary/aromatic N) is 3. The predicted molar refractivity (Wildman–Crippen MR) is 369 cm³/mol. The monoisotopic (exact) mass is 1450 g/mol. The Hall–Kier alpha value is -10.0. The lowest BCUT2D eigenvalue weighted by Crippen LogP contribution is -2.62. The molecule has 11 amide bonds. The van der Waals surface area contributed by atoms with Crippen LogP contribution >= 0.6 is 0 Å². The van der Waals surface area contributed by atoms with Gasteiger partial charge in [-0.25, -0.2) is 4.79 Å². The number of aliphatic carboxylic acids is 3. The first-order valence-corrected chi connectivity index (χ1v) is 33.7. The number of phenols is 1. The molecule has 0 spiro atoms. The van der Waals surface area contributed by atoms with Crippen LogP contribution in [-0.4, -0.2) is 237 Å². The molecule has 1 aromatic rings. The number of guanidine groups is 2. The summed E-state index contributed by atoms with van der Waals surface area (Å²) < 4.78 is 0. The Labute approximate surface area is 590 Å². The summed E-state index contributed by atoms with van der Waals surface area (Å²) in [5.74, 6) is -15.9. The van der Waals surface area contributed by atoms with E-state index in [1.54, 1.807) is 0 Å². The molecule has 1 heterocycles. The first kappa shape index (κ1) is 88.1. The number of phenolic OH excluding ortho intramolecular Hbond substituents is 1. The average molecular weight is 1450 g/mol. The van der Waals surface area contributed by atoms with Gasteiger partial charge in [0, 0.05) is 38.9 Å². The molecule has 0 radical (unpaired) electrons. The van der Waals surface area contributed by atoms with Gasteiger partial charge < -0.3 is 124 Å². The number of carboxylic acid groups (broad SMARTS) is 3. The third kappa shape index (κ3) is 32.5. The number of rotatable bonds is 48. The minimum absolute atomic E-state index is 0.00212. The minimum atomic E-state index is -1.80. The van der Waals surface area contributed by atoms with Crippen LogP contribution in [0.3, 0.4) is 0 Å². The van der Waals surface area contributed by atoms with E-state index in [1.807, 2.05) is 0 Å². The zero-order valence-electron chi connectivity index (χ0n) is 58.3. The highest BCUT2D eigenvalue weighted by molar-refractivity contribution is 6.00. The summed E-state index contributed by atoms with van der Waals surface area (Å²) in [6.45, 7) is 7.03. The van der Waals surface area contributed by atoms with E-state index in [4.69, 9.17) is 45.2 Å². The molecule has 0 saturated carbocycles. The van der Waals surface area contributed by atoms with Gasteiger partial charge in [0.25, 0.3) is 0 Å². The second kappa shape index (κ2) is 45.7. The first-order valence-electron chi connectivity index (χ1n) is 33.7. The van der Waals surface area contributed by atoms with Crippen LogP contribution in [0.2, 0.25) is 0 Å². The van der Waals surface area contributed by atoms with Gasteiger partial charge in [-0.05, 0) is 141 Å². The highest BCUT2D eigenvalue weighted by atomic mass is 16.4. The number of benzene rings is 1. The van der Waals surface area contributed by atoms with Gasteiger partial charge in [-0.3, -0.25) is 72.3 Å². The summed E-state index contributed by atoms with van der Waals surface area (Å²) in [5, 5.41) is 73.9. The van der Waals surface area contributed by atoms with E-state index in [0.717, 1.165) is 11.8 Å². The van der Waals surface area contributed by atoms with Crippen molar-refractivity contribution in [3.63, 3.8) is 0 Å². The van der Waals surface area contributed by atoms with E-state index in [1.165, 1.54) is 52.0 Å². The number of unbranched alkanes of at least 4 members (excludes halogenated alkanes) is 2. The number of nitrogens with two attached hydrogens (primary N) is 7. The minimum Gasteiger partial charge on any atom is -0.508 e. The third-order valence-corrected chi connectivity index (χ3v) is 16.2. The van der Waals surface area contributed by atoms with Crippen molar-refractivity contribution in [3.8, 4) is 5.75 Å². The lowest BCUT2D eigenvalue weighted by atomic mass is 10.0. The molecule has 102 heavy (non-hydrogen) atoms. The largest absolute Gasteiger partial charge is 0.508 e. The molecule has 1 aliphatic heterocycles. The molecule has 0 bridgehead atoms. The van der Waals surface area contributed by atoms with Crippen molar-refractivity contribution in [1.29, 1.82) is 0 Å². The van der Waals surface area contributed by atoms with Crippen LogP contribution in [0.15, 0.2) is 34.3 Å². The number of aliphatic imine (C=N–C) groups is 2. The summed E-state index contributed by atoms with van der Waals surface area (Å²) in [6.07, 6.45) is -2.23. The lowest BCUT2D eigenvalue weighted by molar-refractivity contribution is -0.144. The van der Waals surface area contributed by atoms with Crippen molar-refractivity contribution in [2.45, 2.75) is 222 Å². The lowest BCUT2D eigenvalue weighted by Gasteiger charge is -2.32. The van der Waals surface area contributed by atoms with Gasteiger partial charge in [0.1, 0.15) is 72.2 Å². The predicted octanol–water partition coefficient (Wildman–Crippen LogP) is -6.64. The number of nitrogens with one attached hydrogen (secondary N) is 10. The third-order valence-electron chi connectivity index (χ3n) is 16.2. The fraction of sp³-hybridized carbons (Fsp3) is 0.651. The number of hydrogen-bond acceptors (Lipinski definition) is 21. The molecule has 13 atom stereocenters. The maximum atomic E-state index is 14.7. The number of carbonyl (C=O) groups excluding carboxylic acids is 11. The van der Waals surface area contributed by atoms with Crippen molar-refractivity contribution in [1.82, 2.24) is 58.1 Å². The maximum Gasteiger partial charge on any atom is 0.326 e. The summed E-state index contributed by atoms with van der Waals surface area (Å²) in [4.78, 5) is 198. The van der Waals surface area contributed by atoms with Crippen LogP contribution in [0.4, 0.5) is 0 Å². The van der Waals surface area contributed by atoms with Gasteiger partial charge in [-0.1, -0.05) is 32.4 Å². The molecule has 39 heteroatoms. The Bertz CT molecular complexity index is 3060. The Balaban J connectivity index is 2.43. The number of carbonyl (C=O) groups is 14. The van der Waals surface area contributed by atoms with Crippen LogP contribution in [0, 0.1) is 5.92 Å². The summed E-state index contributed by atoms with van der Waals surface area (Å²) in [7, 11) is 0. The van der Waals surface area contributed by atoms with Crippen molar-refractivity contribution >= 4 is 94.8 Å². The molecule has 0 aliphatic carbocycles. The topological polar surface area (TPSA) is 671 Å². The Kier molecular flexibility index (Phi) is 39.4. The zero-order valence-corrected chi connectivity index (χ0v) is 58.3. The molecule has 2 rings (SSSR count). The molecule has 29 N–H and O–H groups in total. The molecule has 0 unspecified atom stereocenters. The second-order valence-electron chi connectivity index (χ2n) is 25.1. The van der Waals surface area contributed by atoms with E-state index in [2.05, 4.69) is 63.2 Å². The normalized spacial score (nSPS) is 16.1. The molecule has 1 saturated heterocycles. The Morgan fingerprint density at radius 1 is 0.490 bits per heavy atom. The van der Waals surface area contributed by atoms with Gasteiger partial charge in [0.15, 0.2) is 11.9 Å². The van der Waals surface area contributed by atoms with Crippen LogP contribution in [0.25, 0.3) is 0 Å². The number of carboxylic acids is 3. The maximum absolute atomic E-state index is 14.7. The number of aliphatic hydroxyl groups excluding tert-OH is 1. The zero-order chi connectivity index (χ0) is 76.9. The highest BCUT2D eigenvalue weighted by Crippen LogP contribution is 2.22. The SMILES string of the molecule is CC(C)[C@H](NC(=O)[C@@H]1CCCN1C(=O)[C@H](CCC(=O)O)NC(=O)[C@H](CCCN=C(N)N)NC(=O)[C@H](C)NC(=O)[C@H](CCCN=C(N)N)NC(=O)[C@H](Cc1ccc(O)cc1)NC(=O)[C@@H](N)CCCCN)C(=O)N[C@H](C(=O)N[C@@H](CCCCN)C(=O)N[C@@H](C)C(=O)N[C@@H](CCC(=O)O)C(=O)O)[C@@H](C)O. The van der Waals surface area contributed by atoms with Crippen LogP contribution < -0.4 is 93.3 Å². The van der Waals surface area contributed by atoms with Crippen LogP contribution in [0.1, 0.15) is 143 Å². The van der Waals surface area contributed by atoms with Gasteiger partial charge in [-0.2, -0.15) is 0 Å². The molecule has 39 nitrogen and oxygen atoms in total. The number of likely N-dealkylation sites (tertiary alicyclic amines) is 1. The van der Waals surface area contributed by atoms with Gasteiger partial charge >= 0.3 is 17.9 Å². The summed E-state index contributed by atoms with van der Waals surface area (Å²) >= 11 is 0. The molecular formula is C63H106N20O19. The first-order chi connectivity index (χ1) is 48.0. The smallest absolute Gasteiger partial charge is 0.326 e. The van der Waals surface area contributed by atoms with Crippen LogP contribution in [-0.2, 0) is 73.5 Å². The van der Waals surface area contributed by atoms with Gasteiger partial charge in [-0.15, -0.1) is 0 Å². The number of amides is 11. The number of hydrogen-bond donors (Lipinski definition) is 22. The Morgan fingerprint density at radius 3 is 1.38 bits per heavy atom. The average Bonchev–Trinajstić information content (AvgIpc) is 1.60. The van der Waals surface area contributed by atoms with E-state index >= 15 is 0 Å². The van der Waals surface area contributed by atoms with Crippen molar-refractivity contribution in [2.75, 3.05) is 32.7 Å². The molecule has 572 valence electrons. The summed E-state index contributed by atoms with van der Waals surface area (Å²) in [5.41, 5.74) is 40.0. The van der Waals surface area contributed by atoms with Crippen molar-refractivity contribution in [2.24, 2.45) is 56.0 Å². The van der Waals surface area contributed by atoms with Crippen molar-refractivity contribution in [3.05, 3.63) is 29.8 Å². The number of aliphatic hydroxyl groups is 1. The fourth-order valence-electron chi connectivity index (χ4n) is 10.4. The van der Waals surface area contributed by atoms with E-state index < -0.39 is 193 Å².